The summed E-state index contributed by atoms with van der Waals surface area (Å²) in [6.45, 7) is 6.77. The molecule has 0 aromatic heterocycles. The van der Waals surface area contributed by atoms with Gasteiger partial charge in [-0.05, 0) is 28.5 Å². The van der Waals surface area contributed by atoms with E-state index in [9.17, 15) is 4.79 Å². The van der Waals surface area contributed by atoms with Crippen LogP contribution in [0.25, 0.3) is 10.8 Å². The maximum atomic E-state index is 12.2. The molecule has 0 unspecified atom stereocenters. The summed E-state index contributed by atoms with van der Waals surface area (Å²) in [4.78, 5) is 17.1. The van der Waals surface area contributed by atoms with Gasteiger partial charge in [0.05, 0.1) is 0 Å². The van der Waals surface area contributed by atoms with Crippen LogP contribution in [0.4, 0.5) is 10.5 Å². The van der Waals surface area contributed by atoms with Crippen LogP contribution in [0.5, 0.6) is 0 Å². The van der Waals surface area contributed by atoms with E-state index in [-0.39, 0.29) is 6.03 Å². The zero-order chi connectivity index (χ0) is 19.9. The summed E-state index contributed by atoms with van der Waals surface area (Å²) < 4.78 is 0. The zero-order valence-electron chi connectivity index (χ0n) is 16.7. The van der Waals surface area contributed by atoms with Crippen LogP contribution in [0, 0.1) is 0 Å². The Morgan fingerprint density at radius 1 is 0.793 bits per heavy atom. The molecule has 29 heavy (non-hydrogen) atoms. The van der Waals surface area contributed by atoms with Gasteiger partial charge in [0.15, 0.2) is 0 Å². The first-order valence-electron chi connectivity index (χ1n) is 10.3. The van der Waals surface area contributed by atoms with Crippen molar-refractivity contribution in [1.82, 2.24) is 15.1 Å². The molecule has 0 radical (unpaired) electrons. The maximum Gasteiger partial charge on any atom is 0.319 e. The lowest BCUT2D eigenvalue weighted by molar-refractivity contribution is 0.128. The third kappa shape index (κ3) is 5.56. The smallest absolute Gasteiger partial charge is 0.319 e. The van der Waals surface area contributed by atoms with Crippen molar-refractivity contribution in [1.29, 1.82) is 0 Å². The summed E-state index contributed by atoms with van der Waals surface area (Å²) in [5.74, 6) is 0. The highest BCUT2D eigenvalue weighted by molar-refractivity contribution is 5.93. The Bertz CT molecular complexity index is 936. The van der Waals surface area contributed by atoms with Gasteiger partial charge >= 0.3 is 6.03 Å². The van der Waals surface area contributed by atoms with E-state index >= 15 is 0 Å². The molecule has 0 saturated carbocycles. The molecule has 0 spiro atoms. The summed E-state index contributed by atoms with van der Waals surface area (Å²) in [6, 6.07) is 24.6. The monoisotopic (exact) mass is 388 g/mol. The molecule has 1 heterocycles. The maximum absolute atomic E-state index is 12.2. The van der Waals surface area contributed by atoms with Crippen molar-refractivity contribution < 1.29 is 4.79 Å². The third-order valence-corrected chi connectivity index (χ3v) is 5.43. The highest BCUT2D eigenvalue weighted by Crippen LogP contribution is 2.18. The van der Waals surface area contributed by atoms with E-state index in [2.05, 4.69) is 62.9 Å². The molecule has 1 aliphatic heterocycles. The molecule has 0 bridgehead atoms. The summed E-state index contributed by atoms with van der Waals surface area (Å²) in [7, 11) is 0. The van der Waals surface area contributed by atoms with E-state index in [1.165, 1.54) is 10.9 Å². The molecule has 0 aliphatic carbocycles. The number of anilines is 1. The number of nitrogens with zero attached hydrogens (tertiary/aromatic N) is 2. The predicted molar refractivity (Wildman–Crippen MR) is 119 cm³/mol. The van der Waals surface area contributed by atoms with Gasteiger partial charge in [-0.15, -0.1) is 0 Å². The summed E-state index contributed by atoms with van der Waals surface area (Å²) in [6.07, 6.45) is 0. The Morgan fingerprint density at radius 2 is 1.48 bits per heavy atom. The molecule has 2 amide bonds. The van der Waals surface area contributed by atoms with Gasteiger partial charge in [0.2, 0.25) is 0 Å². The predicted octanol–water partition coefficient (Wildman–Crippen LogP) is 3.78. The summed E-state index contributed by atoms with van der Waals surface area (Å²) in [5, 5.41) is 8.20. The molecule has 2 N–H and O–H groups in total. The number of fused-ring (bicyclic) bond motifs is 1. The Balaban J connectivity index is 1.16. The molecule has 1 fully saturated rings. The average Bonchev–Trinajstić information content (AvgIpc) is 2.76. The number of amides is 2. The quantitative estimate of drug-likeness (QED) is 0.676. The third-order valence-electron chi connectivity index (χ3n) is 5.43. The molecule has 1 saturated heterocycles. The van der Waals surface area contributed by atoms with Crippen LogP contribution < -0.4 is 10.6 Å². The van der Waals surface area contributed by atoms with Crippen molar-refractivity contribution in [2.75, 3.05) is 44.6 Å². The lowest BCUT2D eigenvalue weighted by Gasteiger charge is -2.34. The second-order valence-electron chi connectivity index (χ2n) is 7.55. The second kappa shape index (κ2) is 9.54. The average molecular weight is 389 g/mol. The Hall–Kier alpha value is -2.89. The SMILES string of the molecule is O=C(NCCN1CCN(Cc2ccccc2)CC1)Nc1ccc2ccccc2c1. The first-order chi connectivity index (χ1) is 14.3. The topological polar surface area (TPSA) is 47.6 Å². The van der Waals surface area contributed by atoms with Gasteiger partial charge in [-0.2, -0.15) is 0 Å². The van der Waals surface area contributed by atoms with E-state index in [1.807, 2.05) is 30.3 Å². The van der Waals surface area contributed by atoms with Crippen molar-refractivity contribution in [2.45, 2.75) is 6.54 Å². The first kappa shape index (κ1) is 19.4. The lowest BCUT2D eigenvalue weighted by Crippen LogP contribution is -2.48. The zero-order valence-corrected chi connectivity index (χ0v) is 16.7. The van der Waals surface area contributed by atoms with Crippen LogP contribution in [0.1, 0.15) is 5.56 Å². The minimum atomic E-state index is -0.150. The number of urea groups is 1. The van der Waals surface area contributed by atoms with Crippen molar-refractivity contribution in [3.8, 4) is 0 Å². The molecule has 4 rings (SSSR count). The van der Waals surface area contributed by atoms with E-state index in [0.29, 0.717) is 6.54 Å². The first-order valence-corrected chi connectivity index (χ1v) is 10.3. The molecule has 5 nitrogen and oxygen atoms in total. The van der Waals surface area contributed by atoms with Crippen molar-refractivity contribution in [2.24, 2.45) is 0 Å². The highest BCUT2D eigenvalue weighted by atomic mass is 16.2. The van der Waals surface area contributed by atoms with Gasteiger partial charge < -0.3 is 10.6 Å². The molecule has 1 aliphatic rings. The normalized spacial score (nSPS) is 15.3. The number of carbonyl (C=O) groups excluding carboxylic acids is 1. The van der Waals surface area contributed by atoms with E-state index in [4.69, 9.17) is 0 Å². The highest BCUT2D eigenvalue weighted by Gasteiger charge is 2.16. The van der Waals surface area contributed by atoms with E-state index in [1.54, 1.807) is 0 Å². The number of rotatable bonds is 6. The number of hydrogen-bond donors (Lipinski definition) is 2. The Morgan fingerprint density at radius 3 is 2.28 bits per heavy atom. The largest absolute Gasteiger partial charge is 0.337 e. The van der Waals surface area contributed by atoms with Gasteiger partial charge in [0.1, 0.15) is 0 Å². The lowest BCUT2D eigenvalue weighted by atomic mass is 10.1. The standard InChI is InChI=1S/C24H28N4O/c29-24(26-23-11-10-21-8-4-5-9-22(21)18-23)25-12-13-27-14-16-28(17-15-27)19-20-6-2-1-3-7-20/h1-11,18H,12-17,19H2,(H2,25,26,29). The minimum Gasteiger partial charge on any atom is -0.337 e. The number of piperazine rings is 1. The van der Waals surface area contributed by atoms with Gasteiger partial charge in [-0.3, -0.25) is 9.80 Å². The second-order valence-corrected chi connectivity index (χ2v) is 7.55. The van der Waals surface area contributed by atoms with E-state index < -0.39 is 0 Å². The molecule has 0 atom stereocenters. The van der Waals surface area contributed by atoms with Gasteiger partial charge in [0, 0.05) is 51.5 Å². The van der Waals surface area contributed by atoms with Gasteiger partial charge in [-0.25, -0.2) is 4.79 Å². The van der Waals surface area contributed by atoms with Crippen LogP contribution in [0.15, 0.2) is 72.8 Å². The van der Waals surface area contributed by atoms with Crippen LogP contribution in [-0.4, -0.2) is 55.1 Å². The van der Waals surface area contributed by atoms with E-state index in [0.717, 1.165) is 50.3 Å². The fraction of sp³-hybridized carbons (Fsp3) is 0.292. The van der Waals surface area contributed by atoms with Crippen LogP contribution in [0.2, 0.25) is 0 Å². The summed E-state index contributed by atoms with van der Waals surface area (Å²) >= 11 is 0. The number of nitrogens with one attached hydrogen (secondary N) is 2. The minimum absolute atomic E-state index is 0.150. The fourth-order valence-electron chi connectivity index (χ4n) is 3.78. The number of carbonyl (C=O) groups is 1. The van der Waals surface area contributed by atoms with Crippen LogP contribution in [0.3, 0.4) is 0 Å². The van der Waals surface area contributed by atoms with Gasteiger partial charge in [0.25, 0.3) is 0 Å². The van der Waals surface area contributed by atoms with Crippen LogP contribution in [-0.2, 0) is 6.54 Å². The molecule has 150 valence electrons. The van der Waals surface area contributed by atoms with Crippen molar-refractivity contribution in [3.63, 3.8) is 0 Å². The molecule has 5 heteroatoms. The number of hydrogen-bond acceptors (Lipinski definition) is 3. The van der Waals surface area contributed by atoms with Gasteiger partial charge in [-0.1, -0.05) is 60.7 Å². The molecule has 3 aromatic rings. The van der Waals surface area contributed by atoms with Crippen LogP contribution >= 0.6 is 0 Å². The van der Waals surface area contributed by atoms with Crippen molar-refractivity contribution >= 4 is 22.5 Å². The molecular formula is C24H28N4O. The summed E-state index contributed by atoms with van der Waals surface area (Å²) in [5.41, 5.74) is 2.18. The number of benzene rings is 3. The molecular weight excluding hydrogens is 360 g/mol. The molecule has 3 aromatic carbocycles. The Kier molecular flexibility index (Phi) is 6.39. The fourth-order valence-corrected chi connectivity index (χ4v) is 3.78. The Labute approximate surface area is 172 Å². The van der Waals surface area contributed by atoms with Crippen molar-refractivity contribution in [3.05, 3.63) is 78.4 Å².